The number of nitrogens with two attached hydrogens (primary N) is 1. The van der Waals surface area contributed by atoms with Gasteiger partial charge >= 0.3 is 11.9 Å². The molecule has 0 aliphatic carbocycles. The molecule has 1 fully saturated rings. The topological polar surface area (TPSA) is 135 Å². The van der Waals surface area contributed by atoms with Crippen LogP contribution in [0.2, 0.25) is 0 Å². The van der Waals surface area contributed by atoms with Crippen LogP contribution < -0.4 is 10.5 Å². The number of primary amides is 1. The van der Waals surface area contributed by atoms with Gasteiger partial charge in [0.15, 0.2) is 0 Å². The maximum Gasteiger partial charge on any atom is 0.325 e. The summed E-state index contributed by atoms with van der Waals surface area (Å²) in [5, 5.41) is 19.6. The minimum Gasteiger partial charge on any atom is -0.497 e. The number of carbonyl (C=O) groups excluding carboxylic acids is 1. The molecule has 1 aromatic heterocycles. The number of benzene rings is 1. The van der Waals surface area contributed by atoms with Crippen LogP contribution in [0.3, 0.4) is 0 Å². The predicted octanol–water partition coefficient (Wildman–Crippen LogP) is 1.20. The SMILES string of the molecule is COc1ccc2c(c1)c(C(C(=O)O)N1CCCC1C(N)=O)cn2CCC(=O)O. The van der Waals surface area contributed by atoms with Gasteiger partial charge in [0, 0.05) is 35.8 Å². The highest BCUT2D eigenvalue weighted by Gasteiger charge is 2.40. The van der Waals surface area contributed by atoms with Gasteiger partial charge < -0.3 is 25.3 Å². The minimum atomic E-state index is -1.09. The van der Waals surface area contributed by atoms with E-state index in [9.17, 15) is 19.5 Å². The summed E-state index contributed by atoms with van der Waals surface area (Å²) in [5.41, 5.74) is 6.68. The smallest absolute Gasteiger partial charge is 0.325 e. The number of fused-ring (bicyclic) bond motifs is 1. The number of hydrogen-bond acceptors (Lipinski definition) is 5. The van der Waals surface area contributed by atoms with Crippen LogP contribution in [0, 0.1) is 0 Å². The molecule has 1 amide bonds. The van der Waals surface area contributed by atoms with E-state index >= 15 is 0 Å². The number of amides is 1. The number of methoxy groups -OCH3 is 1. The fourth-order valence-electron chi connectivity index (χ4n) is 3.91. The zero-order chi connectivity index (χ0) is 20.4. The molecule has 0 spiro atoms. The van der Waals surface area contributed by atoms with Crippen LogP contribution in [-0.2, 0) is 20.9 Å². The first-order chi connectivity index (χ1) is 13.3. The lowest BCUT2D eigenvalue weighted by molar-refractivity contribution is -0.145. The molecule has 1 saturated heterocycles. The Morgan fingerprint density at radius 2 is 2.07 bits per heavy atom. The van der Waals surface area contributed by atoms with E-state index in [0.717, 1.165) is 0 Å². The van der Waals surface area contributed by atoms with E-state index in [1.54, 1.807) is 33.9 Å². The van der Waals surface area contributed by atoms with Gasteiger partial charge in [-0.15, -0.1) is 0 Å². The first-order valence-corrected chi connectivity index (χ1v) is 9.00. The summed E-state index contributed by atoms with van der Waals surface area (Å²) >= 11 is 0. The number of aryl methyl sites for hydroxylation is 1. The van der Waals surface area contributed by atoms with Crippen LogP contribution in [0.1, 0.15) is 30.9 Å². The second-order valence-electron chi connectivity index (χ2n) is 6.84. The molecule has 1 aliphatic heterocycles. The van der Waals surface area contributed by atoms with Crippen molar-refractivity contribution in [1.29, 1.82) is 0 Å². The molecule has 0 saturated carbocycles. The fraction of sp³-hybridized carbons (Fsp3) is 0.421. The highest BCUT2D eigenvalue weighted by atomic mass is 16.5. The Balaban J connectivity index is 2.13. The Morgan fingerprint density at radius 1 is 1.32 bits per heavy atom. The first kappa shape index (κ1) is 19.7. The van der Waals surface area contributed by atoms with E-state index in [-0.39, 0.29) is 13.0 Å². The molecule has 9 heteroatoms. The van der Waals surface area contributed by atoms with Crippen LogP contribution in [-0.4, -0.2) is 57.2 Å². The molecule has 2 heterocycles. The Bertz CT molecular complexity index is 922. The third kappa shape index (κ3) is 3.65. The van der Waals surface area contributed by atoms with Crippen LogP contribution in [0.15, 0.2) is 24.4 Å². The van der Waals surface area contributed by atoms with Crippen molar-refractivity contribution >= 4 is 28.7 Å². The molecule has 3 rings (SSSR count). The number of carbonyl (C=O) groups is 3. The van der Waals surface area contributed by atoms with Gasteiger partial charge in [-0.1, -0.05) is 0 Å². The Kier molecular flexibility index (Phi) is 5.55. The summed E-state index contributed by atoms with van der Waals surface area (Å²) in [6.45, 7) is 0.639. The second kappa shape index (κ2) is 7.89. The lowest BCUT2D eigenvalue weighted by Crippen LogP contribution is -2.44. The highest BCUT2D eigenvalue weighted by molar-refractivity contribution is 5.91. The molecule has 2 unspecified atom stereocenters. The largest absolute Gasteiger partial charge is 0.497 e. The van der Waals surface area contributed by atoms with E-state index in [1.165, 1.54) is 7.11 Å². The maximum atomic E-state index is 12.2. The Hall–Kier alpha value is -3.07. The summed E-state index contributed by atoms with van der Waals surface area (Å²) in [6.07, 6.45) is 2.75. The lowest BCUT2D eigenvalue weighted by Gasteiger charge is -2.28. The number of hydrogen-bond donors (Lipinski definition) is 3. The van der Waals surface area contributed by atoms with Gasteiger partial charge in [0.05, 0.1) is 19.6 Å². The number of carboxylic acid groups (broad SMARTS) is 2. The molecule has 4 N–H and O–H groups in total. The van der Waals surface area contributed by atoms with Gasteiger partial charge in [0.1, 0.15) is 11.8 Å². The standard InChI is InChI=1S/C19H23N3O6/c1-28-11-4-5-14-12(9-11)13(10-21(14)8-6-16(23)24)17(19(26)27)22-7-2-3-15(22)18(20)25/h4-5,9-10,15,17H,2-3,6-8H2,1H3,(H2,20,25)(H,23,24)(H,26,27). The van der Waals surface area contributed by atoms with Crippen LogP contribution in [0.5, 0.6) is 5.75 Å². The summed E-state index contributed by atoms with van der Waals surface area (Å²) in [6, 6.07) is 3.52. The van der Waals surface area contributed by atoms with E-state index in [1.807, 2.05) is 0 Å². The zero-order valence-corrected chi connectivity index (χ0v) is 15.5. The number of ether oxygens (including phenoxy) is 1. The summed E-state index contributed by atoms with van der Waals surface area (Å²) < 4.78 is 7.00. The summed E-state index contributed by atoms with van der Waals surface area (Å²) in [5.74, 6) is -2.02. The van der Waals surface area contributed by atoms with Gasteiger partial charge in [0.25, 0.3) is 0 Å². The molecule has 0 bridgehead atoms. The van der Waals surface area contributed by atoms with Crippen molar-refractivity contribution in [3.8, 4) is 5.75 Å². The van der Waals surface area contributed by atoms with Crippen molar-refractivity contribution in [3.05, 3.63) is 30.0 Å². The van der Waals surface area contributed by atoms with Crippen molar-refractivity contribution in [2.45, 2.75) is 37.9 Å². The molecule has 2 aromatic rings. The van der Waals surface area contributed by atoms with E-state index < -0.39 is 29.9 Å². The summed E-state index contributed by atoms with van der Waals surface area (Å²) in [7, 11) is 1.51. The van der Waals surface area contributed by atoms with E-state index in [0.29, 0.717) is 41.6 Å². The van der Waals surface area contributed by atoms with E-state index in [2.05, 4.69) is 0 Å². The van der Waals surface area contributed by atoms with Gasteiger partial charge in [-0.3, -0.25) is 19.3 Å². The van der Waals surface area contributed by atoms with Crippen molar-refractivity contribution in [2.75, 3.05) is 13.7 Å². The summed E-state index contributed by atoms with van der Waals surface area (Å²) in [4.78, 5) is 36.6. The van der Waals surface area contributed by atoms with Gasteiger partial charge in [-0.25, -0.2) is 0 Å². The molecule has 1 aromatic carbocycles. The predicted molar refractivity (Wildman–Crippen MR) is 100 cm³/mol. The zero-order valence-electron chi connectivity index (χ0n) is 15.5. The van der Waals surface area contributed by atoms with Crippen LogP contribution in [0.4, 0.5) is 0 Å². The molecule has 1 aliphatic rings. The van der Waals surface area contributed by atoms with E-state index in [4.69, 9.17) is 15.6 Å². The number of rotatable bonds is 8. The number of aliphatic carboxylic acids is 2. The monoisotopic (exact) mass is 389 g/mol. The molecule has 150 valence electrons. The number of nitrogens with zero attached hydrogens (tertiary/aromatic N) is 2. The minimum absolute atomic E-state index is 0.0966. The van der Waals surface area contributed by atoms with Crippen molar-refractivity contribution < 1.29 is 29.3 Å². The maximum absolute atomic E-state index is 12.2. The van der Waals surface area contributed by atoms with Gasteiger partial charge in [0.2, 0.25) is 5.91 Å². The fourth-order valence-corrected chi connectivity index (χ4v) is 3.91. The van der Waals surface area contributed by atoms with Crippen molar-refractivity contribution in [3.63, 3.8) is 0 Å². The quantitative estimate of drug-likeness (QED) is 0.617. The normalized spacial score (nSPS) is 18.2. The number of carboxylic acids is 2. The molecule has 28 heavy (non-hydrogen) atoms. The second-order valence-corrected chi connectivity index (χ2v) is 6.84. The molecule has 0 radical (unpaired) electrons. The highest BCUT2D eigenvalue weighted by Crippen LogP contribution is 2.36. The Labute approximate surface area is 161 Å². The number of likely N-dealkylation sites (tertiary alicyclic amines) is 1. The van der Waals surface area contributed by atoms with Gasteiger partial charge in [-0.2, -0.15) is 0 Å². The number of aromatic nitrogens is 1. The molecule has 9 nitrogen and oxygen atoms in total. The Morgan fingerprint density at radius 3 is 2.68 bits per heavy atom. The molecule has 2 atom stereocenters. The van der Waals surface area contributed by atoms with Crippen molar-refractivity contribution in [2.24, 2.45) is 5.73 Å². The third-order valence-electron chi connectivity index (χ3n) is 5.17. The van der Waals surface area contributed by atoms with Crippen LogP contribution >= 0.6 is 0 Å². The average molecular weight is 389 g/mol. The average Bonchev–Trinajstić information content (AvgIpc) is 3.25. The lowest BCUT2D eigenvalue weighted by atomic mass is 10.0. The van der Waals surface area contributed by atoms with Crippen LogP contribution in [0.25, 0.3) is 10.9 Å². The van der Waals surface area contributed by atoms with Crippen molar-refractivity contribution in [1.82, 2.24) is 9.47 Å². The van der Waals surface area contributed by atoms with Gasteiger partial charge in [-0.05, 0) is 31.0 Å². The molecular weight excluding hydrogens is 366 g/mol. The molecular formula is C19H23N3O6. The third-order valence-corrected chi connectivity index (χ3v) is 5.17. The first-order valence-electron chi connectivity index (χ1n) is 9.00.